The van der Waals surface area contributed by atoms with Gasteiger partial charge in [0.2, 0.25) is 0 Å². The minimum absolute atomic E-state index is 0.489. The number of unbranched alkanes of at least 4 members (excludes halogenated alkanes) is 1. The topological polar surface area (TPSA) is 12.9 Å². The molecule has 0 spiro atoms. The lowest BCUT2D eigenvalue weighted by atomic mass is 9.89. The maximum Gasteiger partial charge on any atom is 0.0305 e. The highest BCUT2D eigenvalue weighted by molar-refractivity contribution is 5.23. The Hall–Kier alpha value is -1.11. The fourth-order valence-electron chi connectivity index (χ4n) is 1.69. The van der Waals surface area contributed by atoms with Crippen molar-refractivity contribution in [3.05, 3.63) is 42.2 Å². The molecule has 0 amide bonds. The first-order valence-electron chi connectivity index (χ1n) is 5.31. The van der Waals surface area contributed by atoms with Gasteiger partial charge in [0.25, 0.3) is 0 Å². The van der Waals surface area contributed by atoms with Crippen molar-refractivity contribution in [1.82, 2.24) is 4.98 Å². The molecule has 0 aliphatic carbocycles. The fraction of sp³-hybridized carbons (Fsp3) is 0.462. The van der Waals surface area contributed by atoms with E-state index in [0.29, 0.717) is 5.92 Å². The lowest BCUT2D eigenvalue weighted by molar-refractivity contribution is 0.641. The van der Waals surface area contributed by atoms with Crippen LogP contribution in [-0.4, -0.2) is 4.98 Å². The summed E-state index contributed by atoms with van der Waals surface area (Å²) in [6, 6.07) is 4.14. The van der Waals surface area contributed by atoms with Crippen LogP contribution in [0.5, 0.6) is 0 Å². The van der Waals surface area contributed by atoms with Crippen LogP contribution in [0.4, 0.5) is 0 Å². The number of allylic oxidation sites excluding steroid dienone is 1. The van der Waals surface area contributed by atoms with E-state index in [4.69, 9.17) is 0 Å². The second kappa shape index (κ2) is 5.58. The van der Waals surface area contributed by atoms with Crippen molar-refractivity contribution in [3.8, 4) is 0 Å². The summed E-state index contributed by atoms with van der Waals surface area (Å²) >= 11 is 0. The molecule has 1 aromatic heterocycles. The van der Waals surface area contributed by atoms with Crippen LogP contribution in [0.15, 0.2) is 36.7 Å². The maximum absolute atomic E-state index is 4.15. The number of nitrogens with zero attached hydrogens (tertiary/aromatic N) is 1. The van der Waals surface area contributed by atoms with Gasteiger partial charge in [-0.05, 0) is 25.0 Å². The molecule has 1 unspecified atom stereocenters. The predicted octanol–water partition coefficient (Wildman–Crippen LogP) is 3.93. The van der Waals surface area contributed by atoms with E-state index in [1.165, 1.54) is 30.4 Å². The van der Waals surface area contributed by atoms with E-state index in [1.807, 2.05) is 18.5 Å². The predicted molar refractivity (Wildman–Crippen MR) is 61.3 cm³/mol. The van der Waals surface area contributed by atoms with Crippen molar-refractivity contribution in [1.29, 1.82) is 0 Å². The highest BCUT2D eigenvalue weighted by atomic mass is 14.6. The lowest BCUT2D eigenvalue weighted by Crippen LogP contribution is -2.00. The first-order valence-corrected chi connectivity index (χ1v) is 5.31. The molecule has 0 saturated carbocycles. The van der Waals surface area contributed by atoms with Crippen LogP contribution in [0.3, 0.4) is 0 Å². The quantitative estimate of drug-likeness (QED) is 0.639. The summed E-state index contributed by atoms with van der Waals surface area (Å²) in [5.74, 6) is 0.489. The van der Waals surface area contributed by atoms with Crippen molar-refractivity contribution in [2.75, 3.05) is 0 Å². The van der Waals surface area contributed by atoms with Crippen LogP contribution in [0, 0.1) is 0 Å². The minimum Gasteiger partial charge on any atom is -0.264 e. The minimum atomic E-state index is 0.489. The van der Waals surface area contributed by atoms with Gasteiger partial charge < -0.3 is 0 Å². The molecule has 76 valence electrons. The molecule has 0 fully saturated rings. The number of aromatic nitrogens is 1. The average Bonchev–Trinajstić information content (AvgIpc) is 2.19. The van der Waals surface area contributed by atoms with Gasteiger partial charge in [0.05, 0.1) is 0 Å². The molecule has 1 heterocycles. The molecule has 0 radical (unpaired) electrons. The Kier molecular flexibility index (Phi) is 4.37. The molecule has 1 rings (SSSR count). The maximum atomic E-state index is 4.15. The first-order chi connectivity index (χ1) is 6.75. The molecule has 0 aliphatic heterocycles. The molecule has 1 nitrogen and oxygen atoms in total. The second-order valence-corrected chi connectivity index (χ2v) is 3.83. The number of pyridine rings is 1. The summed E-state index contributed by atoms with van der Waals surface area (Å²) in [5.41, 5.74) is 2.54. The Morgan fingerprint density at radius 2 is 2.36 bits per heavy atom. The van der Waals surface area contributed by atoms with Gasteiger partial charge in [0.15, 0.2) is 0 Å². The molecule has 1 atom stereocenters. The van der Waals surface area contributed by atoms with Gasteiger partial charge in [0, 0.05) is 18.3 Å². The van der Waals surface area contributed by atoms with Crippen LogP contribution >= 0.6 is 0 Å². The largest absolute Gasteiger partial charge is 0.264 e. The zero-order valence-corrected chi connectivity index (χ0v) is 9.16. The van der Waals surface area contributed by atoms with E-state index in [2.05, 4.69) is 31.5 Å². The van der Waals surface area contributed by atoms with E-state index < -0.39 is 0 Å². The van der Waals surface area contributed by atoms with Gasteiger partial charge >= 0.3 is 0 Å². The van der Waals surface area contributed by atoms with Crippen molar-refractivity contribution >= 4 is 0 Å². The van der Waals surface area contributed by atoms with E-state index in [-0.39, 0.29) is 0 Å². The summed E-state index contributed by atoms with van der Waals surface area (Å²) in [6.07, 6.45) is 7.46. The first kappa shape index (κ1) is 11.0. The van der Waals surface area contributed by atoms with Gasteiger partial charge in [-0.2, -0.15) is 0 Å². The normalized spacial score (nSPS) is 12.4. The Bertz CT molecular complexity index is 277. The number of hydrogen-bond donors (Lipinski definition) is 0. The van der Waals surface area contributed by atoms with E-state index in [0.717, 1.165) is 0 Å². The van der Waals surface area contributed by atoms with Crippen LogP contribution in [0.1, 0.15) is 44.6 Å². The van der Waals surface area contributed by atoms with Crippen molar-refractivity contribution < 1.29 is 0 Å². The Morgan fingerprint density at radius 1 is 1.57 bits per heavy atom. The summed E-state index contributed by atoms with van der Waals surface area (Å²) in [4.78, 5) is 4.15. The Balaban J connectivity index is 2.73. The zero-order valence-electron chi connectivity index (χ0n) is 9.16. The zero-order chi connectivity index (χ0) is 10.4. The van der Waals surface area contributed by atoms with Gasteiger partial charge in [-0.3, -0.25) is 4.98 Å². The number of hydrogen-bond acceptors (Lipinski definition) is 1. The molecule has 14 heavy (non-hydrogen) atoms. The van der Waals surface area contributed by atoms with Crippen molar-refractivity contribution in [2.45, 2.75) is 39.0 Å². The average molecular weight is 189 g/mol. The molecule has 1 aromatic rings. The fourth-order valence-corrected chi connectivity index (χ4v) is 1.69. The summed E-state index contributed by atoms with van der Waals surface area (Å²) in [6.45, 7) is 8.38. The molecular formula is C13H19N. The van der Waals surface area contributed by atoms with Gasteiger partial charge in [-0.15, -0.1) is 0 Å². The second-order valence-electron chi connectivity index (χ2n) is 3.83. The van der Waals surface area contributed by atoms with Gasteiger partial charge in [0.1, 0.15) is 0 Å². The van der Waals surface area contributed by atoms with E-state index in [9.17, 15) is 0 Å². The van der Waals surface area contributed by atoms with E-state index >= 15 is 0 Å². The van der Waals surface area contributed by atoms with Crippen LogP contribution in [0.2, 0.25) is 0 Å². The number of rotatable bonds is 5. The SMILES string of the molecule is C=C(C)C(CCCC)c1cccnc1. The third kappa shape index (κ3) is 2.99. The molecular weight excluding hydrogens is 170 g/mol. The third-order valence-electron chi connectivity index (χ3n) is 2.53. The lowest BCUT2D eigenvalue weighted by Gasteiger charge is -2.16. The summed E-state index contributed by atoms with van der Waals surface area (Å²) in [7, 11) is 0. The van der Waals surface area contributed by atoms with Gasteiger partial charge in [-0.25, -0.2) is 0 Å². The third-order valence-corrected chi connectivity index (χ3v) is 2.53. The van der Waals surface area contributed by atoms with E-state index in [1.54, 1.807) is 0 Å². The smallest absolute Gasteiger partial charge is 0.0305 e. The Morgan fingerprint density at radius 3 is 2.86 bits per heavy atom. The molecule has 0 aliphatic rings. The monoisotopic (exact) mass is 189 g/mol. The highest BCUT2D eigenvalue weighted by Gasteiger charge is 2.11. The van der Waals surface area contributed by atoms with Crippen LogP contribution < -0.4 is 0 Å². The van der Waals surface area contributed by atoms with Gasteiger partial charge in [-0.1, -0.05) is 38.0 Å². The van der Waals surface area contributed by atoms with Crippen molar-refractivity contribution in [2.24, 2.45) is 0 Å². The summed E-state index contributed by atoms with van der Waals surface area (Å²) in [5, 5.41) is 0. The molecule has 0 N–H and O–H groups in total. The molecule has 0 saturated heterocycles. The summed E-state index contributed by atoms with van der Waals surface area (Å²) < 4.78 is 0. The van der Waals surface area contributed by atoms with Crippen molar-refractivity contribution in [3.63, 3.8) is 0 Å². The molecule has 1 heteroatoms. The van der Waals surface area contributed by atoms with Crippen LogP contribution in [-0.2, 0) is 0 Å². The molecule has 0 aromatic carbocycles. The molecule has 0 bridgehead atoms. The van der Waals surface area contributed by atoms with Crippen LogP contribution in [0.25, 0.3) is 0 Å². The highest BCUT2D eigenvalue weighted by Crippen LogP contribution is 2.27. The Labute approximate surface area is 86.9 Å². The standard InChI is InChI=1S/C13H19N/c1-4-5-8-13(11(2)3)12-7-6-9-14-10-12/h6-7,9-10,13H,2,4-5,8H2,1,3H3.